The van der Waals surface area contributed by atoms with Crippen molar-refractivity contribution in [3.63, 3.8) is 0 Å². The lowest BCUT2D eigenvalue weighted by Gasteiger charge is -2.13. The van der Waals surface area contributed by atoms with Crippen molar-refractivity contribution in [2.75, 3.05) is 13.2 Å². The first-order chi connectivity index (χ1) is 12.2. The molecule has 1 rings (SSSR count). The van der Waals surface area contributed by atoms with Crippen LogP contribution in [0.4, 0.5) is 9.18 Å². The average molecular weight is 389 g/mol. The third-order valence-electron chi connectivity index (χ3n) is 2.94. The molecule has 0 aromatic heterocycles. The van der Waals surface area contributed by atoms with E-state index >= 15 is 0 Å². The molecule has 0 unspecified atom stereocenters. The van der Waals surface area contributed by atoms with E-state index in [0.717, 1.165) is 24.3 Å². The summed E-state index contributed by atoms with van der Waals surface area (Å²) in [5.41, 5.74) is 0. The first kappa shape index (κ1) is 21.5. The molecule has 9 nitrogen and oxygen atoms in total. The maximum atomic E-state index is 12.8. The fourth-order valence-electron chi connectivity index (χ4n) is 1.67. The van der Waals surface area contributed by atoms with E-state index in [1.165, 1.54) is 6.92 Å². The number of urea groups is 1. The number of nitrogens with one attached hydrogen (secondary N) is 3. The molecule has 1 aromatic carbocycles. The van der Waals surface area contributed by atoms with Crippen LogP contribution in [0.5, 0.6) is 0 Å². The standard InChI is InChI=1S/C15H20FN3O6S/c1-3-8-17-15(22)18-13(20)9-25-14(21)10(2)19-26(23,24)12-6-4-11(16)5-7-12/h4-7,10,19H,3,8-9H2,1-2H3,(H2,17,18,20,22)/t10-/m0/s1. The van der Waals surface area contributed by atoms with E-state index in [2.05, 4.69) is 10.1 Å². The third kappa shape index (κ3) is 7.15. The van der Waals surface area contributed by atoms with Crippen molar-refractivity contribution >= 4 is 27.9 Å². The zero-order valence-electron chi connectivity index (χ0n) is 14.2. The number of benzene rings is 1. The summed E-state index contributed by atoms with van der Waals surface area (Å²) in [5, 5.41) is 4.35. The molecule has 0 saturated heterocycles. The molecule has 0 aliphatic heterocycles. The molecule has 0 fully saturated rings. The molecule has 1 atom stereocenters. The zero-order valence-corrected chi connectivity index (χ0v) is 15.1. The number of carbonyl (C=O) groups is 3. The molecule has 0 spiro atoms. The normalized spacial score (nSPS) is 12.1. The van der Waals surface area contributed by atoms with Gasteiger partial charge in [0, 0.05) is 6.54 Å². The highest BCUT2D eigenvalue weighted by atomic mass is 32.2. The quantitative estimate of drug-likeness (QED) is 0.547. The van der Waals surface area contributed by atoms with Gasteiger partial charge in [0.15, 0.2) is 6.61 Å². The molecule has 0 aliphatic rings. The summed E-state index contributed by atoms with van der Waals surface area (Å²) < 4.78 is 43.7. The summed E-state index contributed by atoms with van der Waals surface area (Å²) in [6.45, 7) is 2.68. The minimum absolute atomic E-state index is 0.233. The number of imide groups is 1. The van der Waals surface area contributed by atoms with Crippen LogP contribution in [0.1, 0.15) is 20.3 Å². The van der Waals surface area contributed by atoms with E-state index in [-0.39, 0.29) is 4.90 Å². The maximum absolute atomic E-state index is 12.8. The lowest BCUT2D eigenvalue weighted by Crippen LogP contribution is -2.43. The zero-order chi connectivity index (χ0) is 19.7. The summed E-state index contributed by atoms with van der Waals surface area (Å²) in [7, 11) is -4.07. The lowest BCUT2D eigenvalue weighted by atomic mass is 10.4. The highest BCUT2D eigenvalue weighted by molar-refractivity contribution is 7.89. The number of carbonyl (C=O) groups excluding carboxylic acids is 3. The van der Waals surface area contributed by atoms with Gasteiger partial charge in [0.1, 0.15) is 11.9 Å². The Bertz CT molecular complexity index is 751. The Kier molecular flexibility index (Phi) is 8.13. The number of ether oxygens (including phenoxy) is 1. The van der Waals surface area contributed by atoms with E-state index in [1.807, 2.05) is 17.0 Å². The number of rotatable bonds is 8. The Morgan fingerprint density at radius 1 is 1.19 bits per heavy atom. The van der Waals surface area contributed by atoms with Crippen molar-refractivity contribution in [3.8, 4) is 0 Å². The molecule has 11 heteroatoms. The van der Waals surface area contributed by atoms with Crippen molar-refractivity contribution in [2.24, 2.45) is 0 Å². The van der Waals surface area contributed by atoms with E-state index in [9.17, 15) is 27.2 Å². The first-order valence-corrected chi connectivity index (χ1v) is 9.16. The Balaban J connectivity index is 2.50. The van der Waals surface area contributed by atoms with Gasteiger partial charge in [0.2, 0.25) is 10.0 Å². The molecule has 0 saturated carbocycles. The maximum Gasteiger partial charge on any atom is 0.324 e. The molecular weight excluding hydrogens is 369 g/mol. The van der Waals surface area contributed by atoms with Gasteiger partial charge in [-0.2, -0.15) is 4.72 Å². The molecule has 26 heavy (non-hydrogen) atoms. The van der Waals surface area contributed by atoms with E-state index in [0.29, 0.717) is 13.0 Å². The monoisotopic (exact) mass is 389 g/mol. The SMILES string of the molecule is CCCNC(=O)NC(=O)COC(=O)[C@H](C)NS(=O)(=O)c1ccc(F)cc1. The van der Waals surface area contributed by atoms with Gasteiger partial charge in [-0.15, -0.1) is 0 Å². The van der Waals surface area contributed by atoms with E-state index < -0.39 is 46.4 Å². The predicted octanol–water partition coefficient (Wildman–Crippen LogP) is 0.272. The average Bonchev–Trinajstić information content (AvgIpc) is 2.57. The van der Waals surface area contributed by atoms with Gasteiger partial charge >= 0.3 is 12.0 Å². The van der Waals surface area contributed by atoms with Crippen molar-refractivity contribution < 1.29 is 31.9 Å². The molecule has 0 heterocycles. The van der Waals surface area contributed by atoms with Crippen LogP contribution in [0, 0.1) is 5.82 Å². The third-order valence-corrected chi connectivity index (χ3v) is 4.50. The molecule has 0 aliphatic carbocycles. The van der Waals surface area contributed by atoms with Crippen LogP contribution in [-0.2, 0) is 24.3 Å². The second-order valence-electron chi connectivity index (χ2n) is 5.21. The van der Waals surface area contributed by atoms with Crippen molar-refractivity contribution in [1.29, 1.82) is 0 Å². The second-order valence-corrected chi connectivity index (χ2v) is 6.92. The van der Waals surface area contributed by atoms with Crippen molar-refractivity contribution in [1.82, 2.24) is 15.4 Å². The molecular formula is C15H20FN3O6S. The lowest BCUT2D eigenvalue weighted by molar-refractivity contribution is -0.149. The Labute approximate surface area is 150 Å². The molecule has 144 valence electrons. The van der Waals surface area contributed by atoms with Crippen LogP contribution in [0.3, 0.4) is 0 Å². The molecule has 0 radical (unpaired) electrons. The summed E-state index contributed by atoms with van der Waals surface area (Å²) in [6.07, 6.45) is 0.683. The van der Waals surface area contributed by atoms with Gasteiger partial charge < -0.3 is 10.1 Å². The number of hydrogen-bond acceptors (Lipinski definition) is 6. The molecule has 3 N–H and O–H groups in total. The Morgan fingerprint density at radius 3 is 2.38 bits per heavy atom. The second kappa shape index (κ2) is 9.82. The van der Waals surface area contributed by atoms with Gasteiger partial charge in [0.25, 0.3) is 5.91 Å². The highest BCUT2D eigenvalue weighted by Gasteiger charge is 2.24. The topological polar surface area (TPSA) is 131 Å². The molecule has 0 bridgehead atoms. The predicted molar refractivity (Wildman–Crippen MR) is 89.0 cm³/mol. The summed E-state index contributed by atoms with van der Waals surface area (Å²) >= 11 is 0. The smallest absolute Gasteiger partial charge is 0.324 e. The van der Waals surface area contributed by atoms with Gasteiger partial charge in [-0.05, 0) is 37.6 Å². The number of sulfonamides is 1. The number of halogens is 1. The highest BCUT2D eigenvalue weighted by Crippen LogP contribution is 2.10. The van der Waals surface area contributed by atoms with Gasteiger partial charge in [-0.25, -0.2) is 17.6 Å². The fraction of sp³-hybridized carbons (Fsp3) is 0.400. The fourth-order valence-corrected chi connectivity index (χ4v) is 2.86. The van der Waals surface area contributed by atoms with Crippen LogP contribution >= 0.6 is 0 Å². The largest absolute Gasteiger partial charge is 0.454 e. The number of esters is 1. The summed E-state index contributed by atoms with van der Waals surface area (Å²) in [4.78, 5) is 34.3. The number of amides is 3. The van der Waals surface area contributed by atoms with Crippen LogP contribution in [-0.4, -0.2) is 45.5 Å². The van der Waals surface area contributed by atoms with Crippen LogP contribution < -0.4 is 15.4 Å². The van der Waals surface area contributed by atoms with Crippen molar-refractivity contribution in [3.05, 3.63) is 30.1 Å². The minimum atomic E-state index is -4.07. The molecule has 3 amide bonds. The summed E-state index contributed by atoms with van der Waals surface area (Å²) in [5.74, 6) is -2.48. The van der Waals surface area contributed by atoms with Gasteiger partial charge in [-0.1, -0.05) is 6.92 Å². The van der Waals surface area contributed by atoms with E-state index in [4.69, 9.17) is 0 Å². The number of hydrogen-bond donors (Lipinski definition) is 3. The Hall–Kier alpha value is -2.53. The molecule has 1 aromatic rings. The Morgan fingerprint density at radius 2 is 1.81 bits per heavy atom. The van der Waals surface area contributed by atoms with Crippen LogP contribution in [0.2, 0.25) is 0 Å². The van der Waals surface area contributed by atoms with Gasteiger partial charge in [0.05, 0.1) is 4.90 Å². The van der Waals surface area contributed by atoms with Gasteiger partial charge in [-0.3, -0.25) is 14.9 Å². The minimum Gasteiger partial charge on any atom is -0.454 e. The van der Waals surface area contributed by atoms with E-state index in [1.54, 1.807) is 0 Å². The van der Waals surface area contributed by atoms with Crippen LogP contribution in [0.15, 0.2) is 29.2 Å². The van der Waals surface area contributed by atoms with Crippen LogP contribution in [0.25, 0.3) is 0 Å². The van der Waals surface area contributed by atoms with Crippen molar-refractivity contribution in [2.45, 2.75) is 31.2 Å². The first-order valence-electron chi connectivity index (χ1n) is 7.68. The summed E-state index contributed by atoms with van der Waals surface area (Å²) in [6, 6.07) is 1.98.